The topological polar surface area (TPSA) is 82.4 Å². The number of nitrogens with zero attached hydrogens (tertiary/aromatic N) is 2. The Kier molecular flexibility index (Phi) is 8.47. The van der Waals surface area contributed by atoms with Crippen LogP contribution in [0.2, 0.25) is 10.0 Å². The molecule has 0 aliphatic heterocycles. The van der Waals surface area contributed by atoms with Crippen molar-refractivity contribution in [3.63, 3.8) is 0 Å². The number of hydrogen-bond acceptors (Lipinski definition) is 5. The maximum atomic E-state index is 14.0. The summed E-state index contributed by atoms with van der Waals surface area (Å²) in [4.78, 5) is 22.8. The second kappa shape index (κ2) is 11.8. The van der Waals surface area contributed by atoms with Crippen LogP contribution in [0.15, 0.2) is 66.9 Å². The van der Waals surface area contributed by atoms with Crippen molar-refractivity contribution >= 4 is 35.4 Å². The van der Waals surface area contributed by atoms with Gasteiger partial charge in [-0.3, -0.25) is 4.79 Å². The fourth-order valence-corrected chi connectivity index (χ4v) is 4.15. The molecule has 1 heterocycles. The van der Waals surface area contributed by atoms with Gasteiger partial charge in [0.25, 0.3) is 5.91 Å². The molecule has 0 fully saturated rings. The van der Waals surface area contributed by atoms with Crippen LogP contribution in [0.25, 0.3) is 16.8 Å². The minimum atomic E-state index is -4.85. The van der Waals surface area contributed by atoms with Gasteiger partial charge < -0.3 is 19.6 Å². The van der Waals surface area contributed by atoms with E-state index in [0.29, 0.717) is 45.0 Å². The standard InChI is InChI=1S/C27H20Cl2F3N3O4/c1-38-21-6-3-16(4-7-21)22-15-35(20-13-18(28)12-19(29)14-20)34-26(22)39-24-8-5-17(11-23(24)27(30,31)32)25(37)33-9-2-10-36/h3-8,10-15H,2,9H2,1H3,(H,33,37). The summed E-state index contributed by atoms with van der Waals surface area (Å²) in [5, 5.41) is 7.44. The average molecular weight is 578 g/mol. The number of methoxy groups -OCH3 is 1. The van der Waals surface area contributed by atoms with Crippen molar-refractivity contribution in [2.75, 3.05) is 13.7 Å². The van der Waals surface area contributed by atoms with Crippen LogP contribution in [-0.2, 0) is 11.0 Å². The summed E-state index contributed by atoms with van der Waals surface area (Å²) in [5.41, 5.74) is -0.000383. The zero-order valence-corrected chi connectivity index (χ0v) is 21.8. The predicted molar refractivity (Wildman–Crippen MR) is 140 cm³/mol. The van der Waals surface area contributed by atoms with E-state index in [1.54, 1.807) is 42.6 Å². The highest BCUT2D eigenvalue weighted by molar-refractivity contribution is 6.34. The molecule has 0 saturated heterocycles. The molecule has 1 N–H and O–H groups in total. The number of carbonyl (C=O) groups is 2. The van der Waals surface area contributed by atoms with Gasteiger partial charge in [-0.25, -0.2) is 4.68 Å². The number of benzene rings is 3. The Morgan fingerprint density at radius 1 is 1.05 bits per heavy atom. The molecule has 0 unspecified atom stereocenters. The number of ether oxygens (including phenoxy) is 2. The van der Waals surface area contributed by atoms with Gasteiger partial charge in [-0.1, -0.05) is 35.3 Å². The Morgan fingerprint density at radius 3 is 2.36 bits per heavy atom. The molecule has 12 heteroatoms. The van der Waals surface area contributed by atoms with Crippen LogP contribution in [0.5, 0.6) is 17.4 Å². The van der Waals surface area contributed by atoms with Gasteiger partial charge in [-0.05, 0) is 54.1 Å². The molecule has 7 nitrogen and oxygen atoms in total. The third kappa shape index (κ3) is 6.71. The lowest BCUT2D eigenvalue weighted by molar-refractivity contribution is -0.138. The maximum Gasteiger partial charge on any atom is 0.420 e. The molecule has 0 saturated carbocycles. The Bertz CT molecular complexity index is 1490. The van der Waals surface area contributed by atoms with Crippen molar-refractivity contribution in [2.45, 2.75) is 12.6 Å². The Hall–Kier alpha value is -4.02. The van der Waals surface area contributed by atoms with E-state index in [4.69, 9.17) is 32.7 Å². The highest BCUT2D eigenvalue weighted by Crippen LogP contribution is 2.41. The van der Waals surface area contributed by atoms with Crippen LogP contribution in [0.4, 0.5) is 13.2 Å². The molecule has 1 amide bonds. The number of amides is 1. The molecular weight excluding hydrogens is 558 g/mol. The molecule has 4 rings (SSSR count). The molecule has 0 spiro atoms. The SMILES string of the molecule is COc1ccc(-c2cn(-c3cc(Cl)cc(Cl)c3)nc2Oc2ccc(C(=O)NCCC=O)cc2C(F)(F)F)cc1. The van der Waals surface area contributed by atoms with Crippen molar-refractivity contribution in [1.82, 2.24) is 15.1 Å². The first-order chi connectivity index (χ1) is 18.6. The van der Waals surface area contributed by atoms with Crippen molar-refractivity contribution in [3.8, 4) is 34.2 Å². The maximum absolute atomic E-state index is 14.0. The Morgan fingerprint density at radius 2 is 1.74 bits per heavy atom. The highest BCUT2D eigenvalue weighted by atomic mass is 35.5. The highest BCUT2D eigenvalue weighted by Gasteiger charge is 2.36. The molecule has 0 aliphatic carbocycles. The quantitative estimate of drug-likeness (QED) is 0.171. The zero-order chi connectivity index (χ0) is 28.2. The molecule has 0 radical (unpaired) electrons. The van der Waals surface area contributed by atoms with Crippen LogP contribution in [0.1, 0.15) is 22.3 Å². The van der Waals surface area contributed by atoms with E-state index in [0.717, 1.165) is 6.07 Å². The lowest BCUT2D eigenvalue weighted by Crippen LogP contribution is -2.25. The van der Waals surface area contributed by atoms with Gasteiger partial charge in [-0.2, -0.15) is 13.2 Å². The fourth-order valence-electron chi connectivity index (χ4n) is 3.64. The van der Waals surface area contributed by atoms with Crippen LogP contribution < -0.4 is 14.8 Å². The van der Waals surface area contributed by atoms with Crippen molar-refractivity contribution in [1.29, 1.82) is 0 Å². The first-order valence-corrected chi connectivity index (χ1v) is 12.2. The molecular formula is C27H20Cl2F3N3O4. The molecule has 1 aromatic heterocycles. The molecule has 4 aromatic rings. The lowest BCUT2D eigenvalue weighted by atomic mass is 10.1. The van der Waals surface area contributed by atoms with Crippen LogP contribution in [0.3, 0.4) is 0 Å². The van der Waals surface area contributed by atoms with E-state index >= 15 is 0 Å². The first kappa shape index (κ1) is 28.0. The van der Waals surface area contributed by atoms with Gasteiger partial charge in [0, 0.05) is 34.8 Å². The summed E-state index contributed by atoms with van der Waals surface area (Å²) < 4.78 is 54.4. The number of aldehydes is 1. The number of hydrogen-bond donors (Lipinski definition) is 1. The van der Waals surface area contributed by atoms with E-state index in [1.807, 2.05) is 0 Å². The summed E-state index contributed by atoms with van der Waals surface area (Å²) in [6, 6.07) is 14.4. The Balaban J connectivity index is 1.78. The van der Waals surface area contributed by atoms with Gasteiger partial charge in [0.15, 0.2) is 0 Å². The van der Waals surface area contributed by atoms with Crippen molar-refractivity contribution in [3.05, 3.63) is 88.0 Å². The van der Waals surface area contributed by atoms with E-state index < -0.39 is 23.4 Å². The van der Waals surface area contributed by atoms with E-state index in [-0.39, 0.29) is 24.4 Å². The zero-order valence-electron chi connectivity index (χ0n) is 20.3. The van der Waals surface area contributed by atoms with Crippen LogP contribution >= 0.6 is 23.2 Å². The minimum absolute atomic E-state index is 0.00187. The second-order valence-corrected chi connectivity index (χ2v) is 9.04. The van der Waals surface area contributed by atoms with Crippen LogP contribution in [-0.4, -0.2) is 35.6 Å². The normalized spacial score (nSPS) is 11.2. The fraction of sp³-hybridized carbons (Fsp3) is 0.148. The molecule has 0 aliphatic rings. The summed E-state index contributed by atoms with van der Waals surface area (Å²) >= 11 is 12.3. The smallest absolute Gasteiger partial charge is 0.420 e. The number of nitrogens with one attached hydrogen (secondary N) is 1. The first-order valence-electron chi connectivity index (χ1n) is 11.4. The third-order valence-electron chi connectivity index (χ3n) is 5.49. The molecule has 3 aromatic carbocycles. The van der Waals surface area contributed by atoms with E-state index in [9.17, 15) is 22.8 Å². The third-order valence-corrected chi connectivity index (χ3v) is 5.93. The average Bonchev–Trinajstić information content (AvgIpc) is 3.31. The summed E-state index contributed by atoms with van der Waals surface area (Å²) in [7, 11) is 1.51. The molecule has 39 heavy (non-hydrogen) atoms. The van der Waals surface area contributed by atoms with Crippen molar-refractivity contribution in [2.24, 2.45) is 0 Å². The van der Waals surface area contributed by atoms with Crippen molar-refractivity contribution < 1.29 is 32.2 Å². The van der Waals surface area contributed by atoms with Gasteiger partial charge in [0.2, 0.25) is 5.88 Å². The Labute approximate surface area is 231 Å². The number of alkyl halides is 3. The van der Waals surface area contributed by atoms with Gasteiger partial charge >= 0.3 is 6.18 Å². The molecule has 202 valence electrons. The summed E-state index contributed by atoms with van der Waals surface area (Å²) in [5.74, 6) is -0.868. The van der Waals surface area contributed by atoms with Crippen LogP contribution in [0, 0.1) is 0 Å². The number of halogens is 5. The number of rotatable bonds is 9. The van der Waals surface area contributed by atoms with E-state index in [2.05, 4.69) is 10.4 Å². The largest absolute Gasteiger partial charge is 0.497 e. The minimum Gasteiger partial charge on any atom is -0.497 e. The lowest BCUT2D eigenvalue weighted by Gasteiger charge is -2.15. The van der Waals surface area contributed by atoms with Gasteiger partial charge in [0.05, 0.1) is 23.9 Å². The summed E-state index contributed by atoms with van der Waals surface area (Å²) in [6.45, 7) is -0.00187. The summed E-state index contributed by atoms with van der Waals surface area (Å²) in [6.07, 6.45) is -2.65. The number of aromatic nitrogens is 2. The second-order valence-electron chi connectivity index (χ2n) is 8.17. The van der Waals surface area contributed by atoms with Gasteiger partial charge in [0.1, 0.15) is 17.8 Å². The molecule has 0 atom stereocenters. The predicted octanol–water partition coefficient (Wildman–Crippen LogP) is 6.98. The number of carbonyl (C=O) groups excluding carboxylic acids is 2. The van der Waals surface area contributed by atoms with Gasteiger partial charge in [-0.15, -0.1) is 5.10 Å². The van der Waals surface area contributed by atoms with E-state index in [1.165, 1.54) is 23.9 Å². The molecule has 0 bridgehead atoms. The monoisotopic (exact) mass is 577 g/mol.